The Balaban J connectivity index is 2.34. The number of unbranched alkanes of at least 4 members (excludes halogenated alkanes) is 2. The molecule has 0 atom stereocenters. The van der Waals surface area contributed by atoms with Crippen molar-refractivity contribution in [1.29, 1.82) is 0 Å². The van der Waals surface area contributed by atoms with Crippen molar-refractivity contribution in [2.75, 3.05) is 6.61 Å². The van der Waals surface area contributed by atoms with Crippen molar-refractivity contribution >= 4 is 5.78 Å². The first-order chi connectivity index (χ1) is 9.15. The van der Waals surface area contributed by atoms with Crippen molar-refractivity contribution in [2.45, 2.75) is 52.4 Å². The fourth-order valence-electron chi connectivity index (χ4n) is 2.02. The molecule has 0 heterocycles. The van der Waals surface area contributed by atoms with Crippen LogP contribution in [0.25, 0.3) is 0 Å². The van der Waals surface area contributed by atoms with Gasteiger partial charge >= 0.3 is 0 Å². The normalized spacial score (nSPS) is 10.5. The third-order valence-corrected chi connectivity index (χ3v) is 3.06. The maximum atomic E-state index is 13.4. The van der Waals surface area contributed by atoms with Gasteiger partial charge in [0, 0.05) is 18.9 Å². The van der Waals surface area contributed by atoms with E-state index in [1.807, 2.05) is 19.9 Å². The monoisotopic (exact) mass is 266 g/mol. The second-order valence-corrected chi connectivity index (χ2v) is 4.68. The molecule has 0 unspecified atom stereocenters. The number of benzene rings is 1. The summed E-state index contributed by atoms with van der Waals surface area (Å²) in [4.78, 5) is 11.1. The second-order valence-electron chi connectivity index (χ2n) is 4.68. The fourth-order valence-corrected chi connectivity index (χ4v) is 2.02. The summed E-state index contributed by atoms with van der Waals surface area (Å²) in [5, 5.41) is 0. The smallest absolute Gasteiger partial charge is 0.132 e. The van der Waals surface area contributed by atoms with Crippen LogP contribution in [0.4, 0.5) is 4.39 Å². The van der Waals surface area contributed by atoms with Crippen LogP contribution in [0.1, 0.15) is 51.5 Å². The summed E-state index contributed by atoms with van der Waals surface area (Å²) in [6.07, 6.45) is 5.04. The van der Waals surface area contributed by atoms with E-state index in [0.29, 0.717) is 31.0 Å². The number of hydrogen-bond acceptors (Lipinski definition) is 2. The maximum absolute atomic E-state index is 13.4. The molecule has 0 aromatic heterocycles. The van der Waals surface area contributed by atoms with Gasteiger partial charge in [-0.15, -0.1) is 0 Å². The van der Waals surface area contributed by atoms with Crippen LogP contribution >= 0.6 is 0 Å². The van der Waals surface area contributed by atoms with Crippen LogP contribution in [-0.2, 0) is 11.2 Å². The van der Waals surface area contributed by atoms with Gasteiger partial charge in [0.2, 0.25) is 0 Å². The summed E-state index contributed by atoms with van der Waals surface area (Å²) in [6.45, 7) is 4.32. The van der Waals surface area contributed by atoms with E-state index >= 15 is 0 Å². The Labute approximate surface area is 115 Å². The molecular formula is C16H23FO2. The van der Waals surface area contributed by atoms with Gasteiger partial charge in [-0.25, -0.2) is 4.39 Å². The van der Waals surface area contributed by atoms with Crippen LogP contribution in [0.5, 0.6) is 5.75 Å². The summed E-state index contributed by atoms with van der Waals surface area (Å²) in [7, 11) is 0. The highest BCUT2D eigenvalue weighted by Gasteiger charge is 2.02. The lowest BCUT2D eigenvalue weighted by Crippen LogP contribution is -1.96. The summed E-state index contributed by atoms with van der Waals surface area (Å²) in [6, 6.07) is 4.86. The Morgan fingerprint density at radius 3 is 2.63 bits per heavy atom. The summed E-state index contributed by atoms with van der Waals surface area (Å²) >= 11 is 0. The molecule has 0 spiro atoms. The van der Waals surface area contributed by atoms with E-state index < -0.39 is 0 Å². The second kappa shape index (κ2) is 8.68. The zero-order valence-corrected chi connectivity index (χ0v) is 11.9. The Morgan fingerprint density at radius 2 is 1.95 bits per heavy atom. The molecule has 19 heavy (non-hydrogen) atoms. The molecule has 3 heteroatoms. The third-order valence-electron chi connectivity index (χ3n) is 3.06. The molecule has 1 rings (SSSR count). The number of Topliss-reactive ketones (excluding diaryl/α,β-unsaturated/α-hetero) is 1. The lowest BCUT2D eigenvalue weighted by molar-refractivity contribution is -0.118. The van der Waals surface area contributed by atoms with Gasteiger partial charge in [-0.3, -0.25) is 4.79 Å². The topological polar surface area (TPSA) is 26.3 Å². The average Bonchev–Trinajstić information content (AvgIpc) is 2.37. The van der Waals surface area contributed by atoms with E-state index in [2.05, 4.69) is 0 Å². The predicted octanol–water partition coefficient (Wildman–Crippen LogP) is 4.31. The first-order valence-electron chi connectivity index (χ1n) is 7.09. The molecule has 0 aliphatic carbocycles. The van der Waals surface area contributed by atoms with E-state index in [0.717, 1.165) is 31.2 Å². The van der Waals surface area contributed by atoms with Crippen molar-refractivity contribution in [1.82, 2.24) is 0 Å². The van der Waals surface area contributed by atoms with Gasteiger partial charge in [-0.1, -0.05) is 13.3 Å². The summed E-state index contributed by atoms with van der Waals surface area (Å²) in [5.41, 5.74) is 0.963. The number of carbonyl (C=O) groups is 1. The van der Waals surface area contributed by atoms with Gasteiger partial charge in [0.05, 0.1) is 6.61 Å². The maximum Gasteiger partial charge on any atom is 0.132 e. The van der Waals surface area contributed by atoms with Gasteiger partial charge in [0.1, 0.15) is 17.3 Å². The molecule has 0 radical (unpaired) electrons. The SMILES string of the molecule is CCOc1cc(F)cc(CCCCCC(=O)CC)c1. The molecule has 0 saturated carbocycles. The summed E-state index contributed by atoms with van der Waals surface area (Å²) in [5.74, 6) is 0.671. The first-order valence-corrected chi connectivity index (χ1v) is 7.09. The predicted molar refractivity (Wildman–Crippen MR) is 75.0 cm³/mol. The number of hydrogen-bond donors (Lipinski definition) is 0. The van der Waals surface area contributed by atoms with E-state index in [1.165, 1.54) is 6.07 Å². The quantitative estimate of drug-likeness (QED) is 0.623. The number of halogens is 1. The van der Waals surface area contributed by atoms with E-state index in [-0.39, 0.29) is 5.82 Å². The number of carbonyl (C=O) groups excluding carboxylic acids is 1. The van der Waals surface area contributed by atoms with Crippen LogP contribution in [0.3, 0.4) is 0 Å². The Bertz CT molecular complexity index is 402. The molecule has 0 saturated heterocycles. The number of ketones is 1. The number of aryl methyl sites for hydroxylation is 1. The van der Waals surface area contributed by atoms with E-state index in [9.17, 15) is 9.18 Å². The minimum atomic E-state index is -0.248. The van der Waals surface area contributed by atoms with Gasteiger partial charge in [-0.05, 0) is 43.9 Å². The van der Waals surface area contributed by atoms with Crippen molar-refractivity contribution in [3.8, 4) is 5.75 Å². The van der Waals surface area contributed by atoms with Crippen LogP contribution in [0, 0.1) is 5.82 Å². The average molecular weight is 266 g/mol. The van der Waals surface area contributed by atoms with Gasteiger partial charge in [0.25, 0.3) is 0 Å². The van der Waals surface area contributed by atoms with Crippen LogP contribution in [0.2, 0.25) is 0 Å². The lowest BCUT2D eigenvalue weighted by atomic mass is 10.0. The lowest BCUT2D eigenvalue weighted by Gasteiger charge is -2.07. The molecule has 0 N–H and O–H groups in total. The van der Waals surface area contributed by atoms with Crippen molar-refractivity contribution in [2.24, 2.45) is 0 Å². The highest BCUT2D eigenvalue weighted by atomic mass is 19.1. The molecule has 0 aliphatic heterocycles. The van der Waals surface area contributed by atoms with Gasteiger partial charge in [0.15, 0.2) is 0 Å². The molecule has 1 aromatic rings. The number of rotatable bonds is 9. The molecule has 0 aliphatic rings. The molecule has 0 bridgehead atoms. The first kappa shape index (κ1) is 15.7. The largest absolute Gasteiger partial charge is 0.494 e. The molecule has 2 nitrogen and oxygen atoms in total. The van der Waals surface area contributed by atoms with Gasteiger partial charge < -0.3 is 4.74 Å². The van der Waals surface area contributed by atoms with Crippen LogP contribution in [-0.4, -0.2) is 12.4 Å². The van der Waals surface area contributed by atoms with E-state index in [4.69, 9.17) is 4.74 Å². The molecule has 106 valence electrons. The van der Waals surface area contributed by atoms with Gasteiger partial charge in [-0.2, -0.15) is 0 Å². The Kier molecular flexibility index (Phi) is 7.16. The van der Waals surface area contributed by atoms with Crippen LogP contribution in [0.15, 0.2) is 18.2 Å². The van der Waals surface area contributed by atoms with Crippen molar-refractivity contribution < 1.29 is 13.9 Å². The van der Waals surface area contributed by atoms with Crippen molar-refractivity contribution in [3.05, 3.63) is 29.6 Å². The van der Waals surface area contributed by atoms with Crippen LogP contribution < -0.4 is 4.74 Å². The highest BCUT2D eigenvalue weighted by molar-refractivity contribution is 5.77. The fraction of sp³-hybridized carbons (Fsp3) is 0.562. The Morgan fingerprint density at radius 1 is 1.16 bits per heavy atom. The minimum Gasteiger partial charge on any atom is -0.494 e. The standard InChI is InChI=1S/C16H23FO2/c1-3-15(18)9-7-5-6-8-13-10-14(17)12-16(11-13)19-4-2/h10-12H,3-9H2,1-2H3. The highest BCUT2D eigenvalue weighted by Crippen LogP contribution is 2.18. The zero-order valence-electron chi connectivity index (χ0n) is 11.9. The number of ether oxygens (including phenoxy) is 1. The van der Waals surface area contributed by atoms with E-state index in [1.54, 1.807) is 6.07 Å². The zero-order chi connectivity index (χ0) is 14.1. The molecule has 1 aromatic carbocycles. The minimum absolute atomic E-state index is 0.248. The van der Waals surface area contributed by atoms with Crippen molar-refractivity contribution in [3.63, 3.8) is 0 Å². The molecular weight excluding hydrogens is 243 g/mol. The molecule has 0 fully saturated rings. The Hall–Kier alpha value is -1.38. The molecule has 0 amide bonds. The third kappa shape index (κ3) is 6.37. The summed E-state index contributed by atoms with van der Waals surface area (Å²) < 4.78 is 18.7.